The van der Waals surface area contributed by atoms with Crippen LogP contribution in [0.1, 0.15) is 44.2 Å². The van der Waals surface area contributed by atoms with Gasteiger partial charge in [0.25, 0.3) is 0 Å². The van der Waals surface area contributed by atoms with Crippen LogP contribution in [0.5, 0.6) is 0 Å². The first-order valence-corrected chi connectivity index (χ1v) is 8.81. The number of carbonyl (C=O) groups excluding carboxylic acids is 1. The Morgan fingerprint density at radius 3 is 2.62 bits per heavy atom. The lowest BCUT2D eigenvalue weighted by Gasteiger charge is -2.26. The zero-order chi connectivity index (χ0) is 16.8. The molecule has 0 radical (unpaired) electrons. The van der Waals surface area contributed by atoms with Crippen molar-refractivity contribution in [1.82, 2.24) is 14.7 Å². The lowest BCUT2D eigenvalue weighted by molar-refractivity contribution is -0.116. The lowest BCUT2D eigenvalue weighted by Crippen LogP contribution is -2.29. The largest absolute Gasteiger partial charge is 0.326 e. The quantitative estimate of drug-likeness (QED) is 0.884. The average Bonchev–Trinajstić information content (AvgIpc) is 3.12. The van der Waals surface area contributed by atoms with Crippen molar-refractivity contribution in [2.75, 3.05) is 18.4 Å². The number of amides is 1. The molecule has 2 aromatic rings. The number of piperidine rings is 1. The lowest BCUT2D eigenvalue weighted by atomic mass is 10.1. The average molecular weight is 326 g/mol. The first-order chi connectivity index (χ1) is 11.7. The maximum atomic E-state index is 12.2. The van der Waals surface area contributed by atoms with E-state index in [1.165, 1.54) is 37.9 Å². The smallest absolute Gasteiger partial charge is 0.226 e. The normalized spacial score (nSPS) is 16.7. The molecule has 5 heteroatoms. The van der Waals surface area contributed by atoms with Gasteiger partial charge in [0.05, 0.1) is 6.04 Å². The van der Waals surface area contributed by atoms with Crippen LogP contribution in [0.25, 0.3) is 0 Å². The number of anilines is 1. The Kier molecular flexibility index (Phi) is 5.64. The molecule has 1 amide bonds. The second kappa shape index (κ2) is 8.11. The molecule has 0 unspecified atom stereocenters. The van der Waals surface area contributed by atoms with E-state index in [1.54, 1.807) is 10.9 Å². The number of nitrogens with zero attached hydrogens (tertiary/aromatic N) is 3. The Hall–Kier alpha value is -2.14. The Morgan fingerprint density at radius 2 is 1.96 bits per heavy atom. The van der Waals surface area contributed by atoms with E-state index < -0.39 is 0 Å². The van der Waals surface area contributed by atoms with Gasteiger partial charge in [0.2, 0.25) is 5.91 Å². The van der Waals surface area contributed by atoms with E-state index in [0.29, 0.717) is 6.42 Å². The molecule has 5 nitrogen and oxygen atoms in total. The summed E-state index contributed by atoms with van der Waals surface area (Å²) in [5.41, 5.74) is 2.16. The SMILES string of the molecule is C[C@@H](CC(=O)Nc1ccc(CN2CCCCC2)cc1)n1cccn1. The molecule has 0 saturated carbocycles. The third-order valence-corrected chi connectivity index (χ3v) is 4.55. The van der Waals surface area contributed by atoms with E-state index in [2.05, 4.69) is 27.4 Å². The molecule has 0 bridgehead atoms. The molecule has 1 saturated heterocycles. The fraction of sp³-hybridized carbons (Fsp3) is 0.474. The van der Waals surface area contributed by atoms with Gasteiger partial charge < -0.3 is 5.32 Å². The Morgan fingerprint density at radius 1 is 1.21 bits per heavy atom. The molecular weight excluding hydrogens is 300 g/mol. The van der Waals surface area contributed by atoms with Crippen LogP contribution in [0, 0.1) is 0 Å². The summed E-state index contributed by atoms with van der Waals surface area (Å²) in [5.74, 6) is 0.0155. The third kappa shape index (κ3) is 4.68. The van der Waals surface area contributed by atoms with E-state index in [1.807, 2.05) is 31.3 Å². The summed E-state index contributed by atoms with van der Waals surface area (Å²) in [6.45, 7) is 5.40. The fourth-order valence-corrected chi connectivity index (χ4v) is 3.18. The van der Waals surface area contributed by atoms with Gasteiger partial charge in [-0.05, 0) is 56.6 Å². The van der Waals surface area contributed by atoms with Crippen LogP contribution in [-0.4, -0.2) is 33.7 Å². The van der Waals surface area contributed by atoms with Gasteiger partial charge in [-0.3, -0.25) is 14.4 Å². The van der Waals surface area contributed by atoms with Crippen LogP contribution in [-0.2, 0) is 11.3 Å². The van der Waals surface area contributed by atoms with Crippen molar-refractivity contribution in [2.24, 2.45) is 0 Å². The van der Waals surface area contributed by atoms with Crippen LogP contribution in [0.2, 0.25) is 0 Å². The molecule has 1 aliphatic heterocycles. The summed E-state index contributed by atoms with van der Waals surface area (Å²) in [5, 5.41) is 7.15. The molecule has 128 valence electrons. The molecule has 1 fully saturated rings. The van der Waals surface area contributed by atoms with Gasteiger partial charge in [0.1, 0.15) is 0 Å². The van der Waals surface area contributed by atoms with Gasteiger partial charge in [-0.1, -0.05) is 18.6 Å². The minimum absolute atomic E-state index is 0.0155. The molecule has 0 spiro atoms. The molecular formula is C19H26N4O. The van der Waals surface area contributed by atoms with E-state index in [0.717, 1.165) is 12.2 Å². The van der Waals surface area contributed by atoms with Crippen molar-refractivity contribution in [3.63, 3.8) is 0 Å². The number of carbonyl (C=O) groups is 1. The molecule has 24 heavy (non-hydrogen) atoms. The topological polar surface area (TPSA) is 50.2 Å². The molecule has 1 atom stereocenters. The molecule has 1 aromatic heterocycles. The summed E-state index contributed by atoms with van der Waals surface area (Å²) in [6.07, 6.45) is 8.00. The highest BCUT2D eigenvalue weighted by molar-refractivity contribution is 5.90. The van der Waals surface area contributed by atoms with Crippen molar-refractivity contribution in [3.8, 4) is 0 Å². The zero-order valence-corrected chi connectivity index (χ0v) is 14.3. The molecule has 1 aromatic carbocycles. The van der Waals surface area contributed by atoms with Crippen molar-refractivity contribution < 1.29 is 4.79 Å². The van der Waals surface area contributed by atoms with Crippen LogP contribution in [0.3, 0.4) is 0 Å². The van der Waals surface area contributed by atoms with Crippen LogP contribution in [0.15, 0.2) is 42.7 Å². The molecule has 3 rings (SSSR count). The number of hydrogen-bond donors (Lipinski definition) is 1. The summed E-state index contributed by atoms with van der Waals surface area (Å²) >= 11 is 0. The Balaban J connectivity index is 1.49. The van der Waals surface area contributed by atoms with Gasteiger partial charge in [-0.15, -0.1) is 0 Å². The maximum Gasteiger partial charge on any atom is 0.226 e. The number of aromatic nitrogens is 2. The minimum atomic E-state index is 0.0155. The second-order valence-electron chi connectivity index (χ2n) is 6.62. The highest BCUT2D eigenvalue weighted by Gasteiger charge is 2.12. The summed E-state index contributed by atoms with van der Waals surface area (Å²) in [6, 6.07) is 10.1. The van der Waals surface area contributed by atoms with Gasteiger partial charge in [0.15, 0.2) is 0 Å². The molecule has 2 heterocycles. The monoisotopic (exact) mass is 326 g/mol. The third-order valence-electron chi connectivity index (χ3n) is 4.55. The van der Waals surface area contributed by atoms with E-state index in [9.17, 15) is 4.79 Å². The summed E-state index contributed by atoms with van der Waals surface area (Å²) in [7, 11) is 0. The standard InChI is InChI=1S/C19H26N4O/c1-16(23-13-5-10-20-23)14-19(24)21-18-8-6-17(7-9-18)15-22-11-3-2-4-12-22/h5-10,13,16H,2-4,11-12,14-15H2,1H3,(H,21,24)/t16-/m0/s1. The van der Waals surface area contributed by atoms with Gasteiger partial charge in [0, 0.05) is 31.0 Å². The molecule has 0 aliphatic carbocycles. The van der Waals surface area contributed by atoms with Crippen molar-refractivity contribution in [1.29, 1.82) is 0 Å². The highest BCUT2D eigenvalue weighted by Crippen LogP contribution is 2.16. The molecule has 1 aliphatic rings. The van der Waals surface area contributed by atoms with Gasteiger partial charge in [-0.25, -0.2) is 0 Å². The number of benzene rings is 1. The number of nitrogens with one attached hydrogen (secondary N) is 1. The first-order valence-electron chi connectivity index (χ1n) is 8.81. The Labute approximate surface area is 143 Å². The van der Waals surface area contributed by atoms with Crippen molar-refractivity contribution >= 4 is 11.6 Å². The minimum Gasteiger partial charge on any atom is -0.326 e. The predicted octanol–water partition coefficient (Wildman–Crippen LogP) is 3.46. The van der Waals surface area contributed by atoms with Gasteiger partial charge >= 0.3 is 0 Å². The number of rotatable bonds is 6. The van der Waals surface area contributed by atoms with Crippen molar-refractivity contribution in [2.45, 2.75) is 45.2 Å². The zero-order valence-electron chi connectivity index (χ0n) is 14.3. The highest BCUT2D eigenvalue weighted by atomic mass is 16.1. The van der Waals surface area contributed by atoms with Crippen molar-refractivity contribution in [3.05, 3.63) is 48.3 Å². The predicted molar refractivity (Wildman–Crippen MR) is 95.8 cm³/mol. The van der Waals surface area contributed by atoms with Crippen LogP contribution < -0.4 is 5.32 Å². The Bertz CT molecular complexity index is 630. The van der Waals surface area contributed by atoms with E-state index in [-0.39, 0.29) is 11.9 Å². The summed E-state index contributed by atoms with van der Waals surface area (Å²) in [4.78, 5) is 14.7. The van der Waals surface area contributed by atoms with Crippen LogP contribution >= 0.6 is 0 Å². The number of hydrogen-bond acceptors (Lipinski definition) is 3. The maximum absolute atomic E-state index is 12.2. The fourth-order valence-electron chi connectivity index (χ4n) is 3.18. The van der Waals surface area contributed by atoms with Gasteiger partial charge in [-0.2, -0.15) is 5.10 Å². The van der Waals surface area contributed by atoms with Crippen LogP contribution in [0.4, 0.5) is 5.69 Å². The number of likely N-dealkylation sites (tertiary alicyclic amines) is 1. The summed E-state index contributed by atoms with van der Waals surface area (Å²) < 4.78 is 1.81. The van der Waals surface area contributed by atoms with E-state index in [4.69, 9.17) is 0 Å². The van der Waals surface area contributed by atoms with E-state index >= 15 is 0 Å². The first kappa shape index (κ1) is 16.7. The molecule has 1 N–H and O–H groups in total. The second-order valence-corrected chi connectivity index (χ2v) is 6.62.